The minimum atomic E-state index is -0.243. The van der Waals surface area contributed by atoms with E-state index >= 15 is 0 Å². The van der Waals surface area contributed by atoms with E-state index in [-0.39, 0.29) is 6.04 Å². The molecule has 4 N–H and O–H groups in total. The number of nitrogens with two attached hydrogens (primary N) is 2. The average Bonchev–Trinajstić information content (AvgIpc) is 2.53. The summed E-state index contributed by atoms with van der Waals surface area (Å²) in [6.07, 6.45) is 9.25. The summed E-state index contributed by atoms with van der Waals surface area (Å²) in [5.41, 5.74) is 16.0. The first-order valence-corrected chi connectivity index (χ1v) is 6.83. The lowest BCUT2D eigenvalue weighted by Crippen LogP contribution is -2.24. The van der Waals surface area contributed by atoms with E-state index in [9.17, 15) is 0 Å². The Morgan fingerprint density at radius 3 is 2.29 bits per heavy atom. The second-order valence-corrected chi connectivity index (χ2v) is 4.33. The van der Waals surface area contributed by atoms with Gasteiger partial charge in [0.15, 0.2) is 0 Å². The summed E-state index contributed by atoms with van der Waals surface area (Å²) in [6, 6.07) is 7.93. The van der Waals surface area contributed by atoms with Crippen molar-refractivity contribution in [2.75, 3.05) is 0 Å². The van der Waals surface area contributed by atoms with Crippen LogP contribution in [0.1, 0.15) is 18.1 Å². The molecule has 0 aromatic heterocycles. The summed E-state index contributed by atoms with van der Waals surface area (Å²) < 4.78 is 0. The van der Waals surface area contributed by atoms with Gasteiger partial charge in [0.2, 0.25) is 0 Å². The second kappa shape index (κ2) is 10.5. The molecule has 0 radical (unpaired) electrons. The summed E-state index contributed by atoms with van der Waals surface area (Å²) in [5.74, 6) is 0. The lowest BCUT2D eigenvalue weighted by molar-refractivity contribution is 0.930. The highest BCUT2D eigenvalue weighted by Gasteiger charge is 2.08. The predicted molar refractivity (Wildman–Crippen MR) is 95.7 cm³/mol. The number of hydrogen-bond acceptors (Lipinski definition) is 2. The van der Waals surface area contributed by atoms with Gasteiger partial charge in [0.1, 0.15) is 0 Å². The maximum Gasteiger partial charge on any atom is 0.0562 e. The quantitative estimate of drug-likeness (QED) is 0.630. The molecule has 0 fully saturated rings. The van der Waals surface area contributed by atoms with Crippen LogP contribution in [0.4, 0.5) is 0 Å². The average molecular weight is 282 g/mol. The molecule has 1 aromatic carbocycles. The third kappa shape index (κ3) is 5.67. The fourth-order valence-corrected chi connectivity index (χ4v) is 1.84. The largest absolute Gasteiger partial charge is 0.404 e. The monoisotopic (exact) mass is 282 g/mol. The van der Waals surface area contributed by atoms with Crippen molar-refractivity contribution in [1.82, 2.24) is 0 Å². The normalized spacial score (nSPS) is 13.5. The molecule has 0 heterocycles. The zero-order chi connectivity index (χ0) is 16.3. The molecule has 1 rings (SSSR count). The third-order valence-corrected chi connectivity index (χ3v) is 3.12. The van der Waals surface area contributed by atoms with Gasteiger partial charge in [-0.25, -0.2) is 0 Å². The molecule has 0 saturated carbocycles. The van der Waals surface area contributed by atoms with Crippen molar-refractivity contribution in [3.63, 3.8) is 0 Å². The lowest BCUT2D eigenvalue weighted by Gasteiger charge is -2.13. The molecule has 1 atom stereocenters. The molecule has 2 nitrogen and oxygen atoms in total. The summed E-state index contributed by atoms with van der Waals surface area (Å²) in [7, 11) is 0. The van der Waals surface area contributed by atoms with E-state index in [2.05, 4.69) is 38.8 Å². The maximum absolute atomic E-state index is 6.16. The van der Waals surface area contributed by atoms with E-state index in [1.54, 1.807) is 12.3 Å². The van der Waals surface area contributed by atoms with E-state index in [1.807, 2.05) is 37.3 Å². The first-order valence-electron chi connectivity index (χ1n) is 6.83. The fraction of sp³-hybridized carbons (Fsp3) is 0.158. The SMILES string of the molecule is C=C.C=C/C(=C\C)C(N)C(/C=C\c1ccccc1C)=C\N. The summed E-state index contributed by atoms with van der Waals surface area (Å²) in [6.45, 7) is 13.8. The number of benzene rings is 1. The van der Waals surface area contributed by atoms with Crippen LogP contribution in [0.5, 0.6) is 0 Å². The molecular formula is C19H26N2. The molecule has 0 saturated heterocycles. The second-order valence-electron chi connectivity index (χ2n) is 4.33. The molecule has 0 amide bonds. The lowest BCUT2D eigenvalue weighted by atomic mass is 9.98. The number of allylic oxidation sites excluding steroid dienone is 1. The highest BCUT2D eigenvalue weighted by Crippen LogP contribution is 2.15. The van der Waals surface area contributed by atoms with Crippen molar-refractivity contribution in [2.24, 2.45) is 11.5 Å². The molecule has 0 bridgehead atoms. The van der Waals surface area contributed by atoms with Gasteiger partial charge in [-0.3, -0.25) is 0 Å². The van der Waals surface area contributed by atoms with Gasteiger partial charge < -0.3 is 11.5 Å². The Labute approximate surface area is 128 Å². The van der Waals surface area contributed by atoms with Crippen LogP contribution in [0.25, 0.3) is 6.08 Å². The summed E-state index contributed by atoms with van der Waals surface area (Å²) in [5, 5.41) is 0. The van der Waals surface area contributed by atoms with E-state index in [0.717, 1.165) is 16.7 Å². The van der Waals surface area contributed by atoms with Gasteiger partial charge in [0.25, 0.3) is 0 Å². The van der Waals surface area contributed by atoms with E-state index in [1.165, 1.54) is 5.56 Å². The van der Waals surface area contributed by atoms with Crippen molar-refractivity contribution in [2.45, 2.75) is 19.9 Å². The van der Waals surface area contributed by atoms with Crippen LogP contribution in [0.3, 0.4) is 0 Å². The van der Waals surface area contributed by atoms with Crippen molar-refractivity contribution < 1.29 is 0 Å². The molecule has 112 valence electrons. The van der Waals surface area contributed by atoms with Gasteiger partial charge in [-0.2, -0.15) is 0 Å². The van der Waals surface area contributed by atoms with Gasteiger partial charge in [-0.1, -0.05) is 55.1 Å². The zero-order valence-electron chi connectivity index (χ0n) is 13.0. The van der Waals surface area contributed by atoms with Crippen LogP contribution in [-0.2, 0) is 0 Å². The molecule has 2 heteroatoms. The van der Waals surface area contributed by atoms with Crippen LogP contribution < -0.4 is 11.5 Å². The first kappa shape index (κ1) is 18.7. The Hall–Kier alpha value is -2.32. The number of rotatable bonds is 5. The van der Waals surface area contributed by atoms with E-state index in [0.29, 0.717) is 0 Å². The Kier molecular flexibility index (Phi) is 9.31. The van der Waals surface area contributed by atoms with E-state index in [4.69, 9.17) is 11.5 Å². The van der Waals surface area contributed by atoms with Crippen LogP contribution in [-0.4, -0.2) is 6.04 Å². The van der Waals surface area contributed by atoms with Gasteiger partial charge in [-0.05, 0) is 42.3 Å². The molecule has 21 heavy (non-hydrogen) atoms. The number of aryl methyl sites for hydroxylation is 1. The molecular weight excluding hydrogens is 256 g/mol. The molecule has 0 spiro atoms. The first-order chi connectivity index (χ1) is 10.1. The van der Waals surface area contributed by atoms with Crippen LogP contribution in [0.15, 0.2) is 79.6 Å². The minimum Gasteiger partial charge on any atom is -0.404 e. The van der Waals surface area contributed by atoms with Crippen LogP contribution in [0.2, 0.25) is 0 Å². The highest BCUT2D eigenvalue weighted by molar-refractivity contribution is 5.57. The molecule has 0 aliphatic carbocycles. The smallest absolute Gasteiger partial charge is 0.0562 e. The molecule has 0 aliphatic rings. The van der Waals surface area contributed by atoms with Gasteiger partial charge in [-0.15, -0.1) is 13.2 Å². The van der Waals surface area contributed by atoms with Crippen molar-refractivity contribution in [1.29, 1.82) is 0 Å². The number of hydrogen-bond donors (Lipinski definition) is 2. The Bertz CT molecular complexity index is 536. The minimum absolute atomic E-state index is 0.243. The van der Waals surface area contributed by atoms with Crippen molar-refractivity contribution >= 4 is 6.08 Å². The van der Waals surface area contributed by atoms with Gasteiger partial charge in [0.05, 0.1) is 6.04 Å². The fourth-order valence-electron chi connectivity index (χ4n) is 1.84. The van der Waals surface area contributed by atoms with Crippen LogP contribution >= 0.6 is 0 Å². The van der Waals surface area contributed by atoms with Crippen LogP contribution in [0, 0.1) is 6.92 Å². The van der Waals surface area contributed by atoms with Gasteiger partial charge in [0, 0.05) is 0 Å². The summed E-state index contributed by atoms with van der Waals surface area (Å²) >= 11 is 0. The van der Waals surface area contributed by atoms with E-state index < -0.39 is 0 Å². The Balaban J connectivity index is 0.00000191. The summed E-state index contributed by atoms with van der Waals surface area (Å²) in [4.78, 5) is 0. The van der Waals surface area contributed by atoms with Crippen molar-refractivity contribution in [3.8, 4) is 0 Å². The molecule has 0 aliphatic heterocycles. The van der Waals surface area contributed by atoms with Crippen molar-refractivity contribution in [3.05, 3.63) is 90.7 Å². The Morgan fingerprint density at radius 2 is 1.81 bits per heavy atom. The maximum atomic E-state index is 6.16. The topological polar surface area (TPSA) is 52.0 Å². The molecule has 1 aromatic rings. The zero-order valence-corrected chi connectivity index (χ0v) is 13.0. The standard InChI is InChI=1S/C17H22N2.C2H4/c1-4-14(5-2)17(19)16(12-18)11-10-15-9-7-6-8-13(15)3;1-2/h4-12,17H,1,18-19H2,2-3H3;1-2H2/b11-10-,14-5+,16-12-;. The Morgan fingerprint density at radius 1 is 1.19 bits per heavy atom. The molecule has 1 unspecified atom stereocenters. The highest BCUT2D eigenvalue weighted by atomic mass is 14.7. The third-order valence-electron chi connectivity index (χ3n) is 3.12. The predicted octanol–water partition coefficient (Wildman–Crippen LogP) is 4.11. The van der Waals surface area contributed by atoms with Gasteiger partial charge >= 0.3 is 0 Å².